The topological polar surface area (TPSA) is 3.24 Å². The van der Waals surface area contributed by atoms with Gasteiger partial charge < -0.3 is 4.90 Å². The van der Waals surface area contributed by atoms with E-state index in [0.717, 1.165) is 0 Å². The molecule has 0 heterocycles. The maximum Gasteiger partial charge on any atom is 0.187 e. The van der Waals surface area contributed by atoms with Gasteiger partial charge in [-0.25, -0.2) is 0 Å². The Labute approximate surface area is 44.1 Å². The van der Waals surface area contributed by atoms with Crippen LogP contribution in [0.4, 0.5) is 0 Å². The molecule has 0 atom stereocenters. The molecule has 32 valence electrons. The summed E-state index contributed by atoms with van der Waals surface area (Å²) in [5.41, 5.74) is 0. The maximum atomic E-state index is 2.00. The van der Waals surface area contributed by atoms with E-state index in [4.69, 9.17) is 0 Å². The smallest absolute Gasteiger partial charge is 0.187 e. The molecule has 0 aliphatic heterocycles. The summed E-state index contributed by atoms with van der Waals surface area (Å²) in [5, 5.41) is 0. The number of hydrogen-bond acceptors (Lipinski definition) is 1. The molecular formula is C3H12AlN. The minimum Gasteiger partial charge on any atom is -0.312 e. The molecule has 0 aliphatic rings. The normalized spacial score (nSPS) is 7.20. The summed E-state index contributed by atoms with van der Waals surface area (Å²) < 4.78 is 0. The zero-order valence-corrected chi connectivity index (χ0v) is 3.45. The minimum absolute atomic E-state index is 0. The van der Waals surface area contributed by atoms with Crippen molar-refractivity contribution in [3.05, 3.63) is 0 Å². The first-order valence-electron chi connectivity index (χ1n) is 1.34. The van der Waals surface area contributed by atoms with Gasteiger partial charge in [-0.05, 0) is 21.1 Å². The van der Waals surface area contributed by atoms with Gasteiger partial charge in [0.1, 0.15) is 0 Å². The molecule has 0 aromatic carbocycles. The summed E-state index contributed by atoms with van der Waals surface area (Å²) in [6.07, 6.45) is 0. The van der Waals surface area contributed by atoms with E-state index in [-0.39, 0.29) is 17.4 Å². The van der Waals surface area contributed by atoms with Gasteiger partial charge in [-0.15, -0.1) is 0 Å². The molecule has 0 fully saturated rings. The summed E-state index contributed by atoms with van der Waals surface area (Å²) in [5.74, 6) is 0. The molecule has 0 saturated heterocycles. The number of nitrogens with zero attached hydrogens (tertiary/aromatic N) is 1. The predicted octanol–water partition coefficient (Wildman–Crippen LogP) is -1.01. The first-order valence-corrected chi connectivity index (χ1v) is 1.34. The number of hydrogen-bond donors (Lipinski definition) is 0. The van der Waals surface area contributed by atoms with Crippen LogP contribution in [0.1, 0.15) is 0 Å². The highest BCUT2D eigenvalue weighted by atomic mass is 27.0. The molecule has 0 aromatic heterocycles. The van der Waals surface area contributed by atoms with E-state index in [2.05, 4.69) is 0 Å². The van der Waals surface area contributed by atoms with E-state index in [9.17, 15) is 0 Å². The van der Waals surface area contributed by atoms with Gasteiger partial charge in [0.2, 0.25) is 0 Å². The van der Waals surface area contributed by atoms with E-state index < -0.39 is 0 Å². The first kappa shape index (κ1) is 9.09. The third-order valence-corrected chi connectivity index (χ3v) is 0. The predicted molar refractivity (Wildman–Crippen MR) is 29.5 cm³/mol. The van der Waals surface area contributed by atoms with Gasteiger partial charge in [0, 0.05) is 0 Å². The molecule has 0 rings (SSSR count). The fourth-order valence-electron chi connectivity index (χ4n) is 0. The third kappa shape index (κ3) is 115. The second-order valence-corrected chi connectivity index (χ2v) is 1.34. The second-order valence-electron chi connectivity index (χ2n) is 1.34. The van der Waals surface area contributed by atoms with Gasteiger partial charge >= 0.3 is 0 Å². The van der Waals surface area contributed by atoms with Crippen molar-refractivity contribution in [1.29, 1.82) is 0 Å². The Balaban J connectivity index is 0. The molecule has 5 heavy (non-hydrogen) atoms. The summed E-state index contributed by atoms with van der Waals surface area (Å²) in [7, 11) is 6.00. The molecule has 0 radical (unpaired) electrons. The van der Waals surface area contributed by atoms with E-state index in [1.54, 1.807) is 0 Å². The monoisotopic (exact) mass is 89.1 g/mol. The zero-order valence-electron chi connectivity index (χ0n) is 3.45. The maximum absolute atomic E-state index is 2.00. The lowest BCUT2D eigenvalue weighted by molar-refractivity contribution is 0.505. The van der Waals surface area contributed by atoms with Crippen LogP contribution in [0.15, 0.2) is 0 Å². The Morgan fingerprint density at radius 3 is 1.00 bits per heavy atom. The fraction of sp³-hybridized carbons (Fsp3) is 1.00. The van der Waals surface area contributed by atoms with Crippen molar-refractivity contribution in [2.24, 2.45) is 0 Å². The van der Waals surface area contributed by atoms with Gasteiger partial charge in [-0.3, -0.25) is 0 Å². The highest BCUT2D eigenvalue weighted by molar-refractivity contribution is 5.75. The molecule has 2 heteroatoms. The SMILES string of the molecule is CN(C)C.[AlH3]. The summed E-state index contributed by atoms with van der Waals surface area (Å²) in [6.45, 7) is 0. The van der Waals surface area contributed by atoms with E-state index in [0.29, 0.717) is 0 Å². The molecule has 0 bridgehead atoms. The molecule has 0 spiro atoms. The van der Waals surface area contributed by atoms with Crippen molar-refractivity contribution in [3.63, 3.8) is 0 Å². The lowest BCUT2D eigenvalue weighted by atomic mass is 11.0. The lowest BCUT2D eigenvalue weighted by Gasteiger charge is -1.90. The van der Waals surface area contributed by atoms with Gasteiger partial charge in [-0.2, -0.15) is 0 Å². The zero-order chi connectivity index (χ0) is 3.58. The van der Waals surface area contributed by atoms with Crippen molar-refractivity contribution in [2.45, 2.75) is 0 Å². The van der Waals surface area contributed by atoms with Gasteiger partial charge in [-0.1, -0.05) is 0 Å². The Bertz CT molecular complexity index is 11.6. The summed E-state index contributed by atoms with van der Waals surface area (Å²) in [6, 6.07) is 0. The van der Waals surface area contributed by atoms with E-state index in [1.807, 2.05) is 26.0 Å². The van der Waals surface area contributed by atoms with Crippen LogP contribution in [-0.4, -0.2) is 43.4 Å². The molecular weight excluding hydrogens is 77.0 g/mol. The Morgan fingerprint density at radius 2 is 1.00 bits per heavy atom. The highest BCUT2D eigenvalue weighted by Crippen LogP contribution is 1.47. The molecule has 0 saturated carbocycles. The van der Waals surface area contributed by atoms with Crippen molar-refractivity contribution < 1.29 is 0 Å². The van der Waals surface area contributed by atoms with Crippen molar-refractivity contribution in [2.75, 3.05) is 21.1 Å². The Kier molecular flexibility index (Phi) is 8.17. The second kappa shape index (κ2) is 4.49. The minimum atomic E-state index is 0. The Hall–Kier alpha value is 0.492. The first-order chi connectivity index (χ1) is 1.73. The third-order valence-electron chi connectivity index (χ3n) is 0. The van der Waals surface area contributed by atoms with Crippen molar-refractivity contribution in [1.82, 2.24) is 4.90 Å². The largest absolute Gasteiger partial charge is 0.312 e. The molecule has 0 N–H and O–H groups in total. The molecule has 1 nitrogen and oxygen atoms in total. The lowest BCUT2D eigenvalue weighted by Crippen LogP contribution is -1.99. The number of rotatable bonds is 0. The van der Waals surface area contributed by atoms with Gasteiger partial charge in [0.05, 0.1) is 0 Å². The van der Waals surface area contributed by atoms with Crippen LogP contribution >= 0.6 is 0 Å². The quantitative estimate of drug-likeness (QED) is 0.344. The average molecular weight is 89.1 g/mol. The van der Waals surface area contributed by atoms with Crippen LogP contribution in [0.25, 0.3) is 0 Å². The standard InChI is InChI=1S/C3H9N.Al.3H/c1-4(2)3;;;;/h1-3H3;;;;. The fourth-order valence-corrected chi connectivity index (χ4v) is 0. The van der Waals surface area contributed by atoms with E-state index >= 15 is 0 Å². The Morgan fingerprint density at radius 1 is 1.00 bits per heavy atom. The van der Waals surface area contributed by atoms with Crippen molar-refractivity contribution in [3.8, 4) is 0 Å². The average Bonchev–Trinajstić information content (AvgIpc) is 0.811. The van der Waals surface area contributed by atoms with Crippen LogP contribution in [0.5, 0.6) is 0 Å². The summed E-state index contributed by atoms with van der Waals surface area (Å²) in [4.78, 5) is 2.00. The van der Waals surface area contributed by atoms with E-state index in [1.165, 1.54) is 0 Å². The van der Waals surface area contributed by atoms with Gasteiger partial charge in [0.15, 0.2) is 17.4 Å². The van der Waals surface area contributed by atoms with Crippen LogP contribution in [0.2, 0.25) is 0 Å². The van der Waals surface area contributed by atoms with Crippen LogP contribution < -0.4 is 0 Å². The summed E-state index contributed by atoms with van der Waals surface area (Å²) >= 11 is 0. The molecule has 0 amide bonds. The van der Waals surface area contributed by atoms with Crippen LogP contribution in [0, 0.1) is 0 Å². The molecule has 0 unspecified atom stereocenters. The van der Waals surface area contributed by atoms with Crippen LogP contribution in [-0.2, 0) is 0 Å². The molecule has 0 aromatic rings. The van der Waals surface area contributed by atoms with Crippen molar-refractivity contribution >= 4 is 17.4 Å². The highest BCUT2D eigenvalue weighted by Gasteiger charge is 1.58. The molecule has 0 aliphatic carbocycles. The van der Waals surface area contributed by atoms with Gasteiger partial charge in [0.25, 0.3) is 0 Å². The van der Waals surface area contributed by atoms with Crippen LogP contribution in [0.3, 0.4) is 0 Å².